The van der Waals surface area contributed by atoms with Crippen LogP contribution in [0.1, 0.15) is 37.4 Å². The van der Waals surface area contributed by atoms with Crippen LogP contribution < -0.4 is 0 Å². The van der Waals surface area contributed by atoms with Crippen LogP contribution in [0.25, 0.3) is 0 Å². The van der Waals surface area contributed by atoms with E-state index >= 15 is 0 Å². The highest BCUT2D eigenvalue weighted by molar-refractivity contribution is 6.30. The maximum absolute atomic E-state index is 13.2. The summed E-state index contributed by atoms with van der Waals surface area (Å²) in [5, 5.41) is -0.694. The Balaban J connectivity index is 2.12. The molecule has 1 heterocycles. The van der Waals surface area contributed by atoms with E-state index in [1.54, 1.807) is 11.8 Å². The quantitative estimate of drug-likeness (QED) is 0.374. The molecule has 0 saturated carbocycles. The number of rotatable bonds is 12. The lowest BCUT2D eigenvalue weighted by Gasteiger charge is -2.28. The van der Waals surface area contributed by atoms with E-state index < -0.39 is 5.38 Å². The molecule has 1 unspecified atom stereocenters. The molecule has 2 rings (SSSR count). The van der Waals surface area contributed by atoms with Gasteiger partial charge in [0.15, 0.2) is 0 Å². The number of hydrogen-bond acceptors (Lipinski definition) is 4. The molecule has 0 aliphatic heterocycles. The Morgan fingerprint density at radius 1 is 1.10 bits per heavy atom. The standard InChI is InChI=1S/C23H31ClN2O4/c1-4-29-14-8-13-25(23(28)19(3)24)17-22(27)26(15-20-9-6-5-7-10-20)16-21-12-11-18(2)30-21/h5-7,9-12,19H,4,8,13-17H2,1-3H3. The molecule has 1 aromatic carbocycles. The summed E-state index contributed by atoms with van der Waals surface area (Å²) < 4.78 is 11.0. The SMILES string of the molecule is CCOCCCN(CC(=O)N(Cc1ccccc1)Cc1ccc(C)o1)C(=O)C(C)Cl. The molecule has 0 saturated heterocycles. The van der Waals surface area contributed by atoms with Gasteiger partial charge in [0.25, 0.3) is 0 Å². The lowest BCUT2D eigenvalue weighted by molar-refractivity contribution is -0.141. The van der Waals surface area contributed by atoms with Crippen LogP contribution in [0.3, 0.4) is 0 Å². The van der Waals surface area contributed by atoms with Crippen LogP contribution in [0.5, 0.6) is 0 Å². The van der Waals surface area contributed by atoms with E-state index in [9.17, 15) is 9.59 Å². The Morgan fingerprint density at radius 2 is 1.83 bits per heavy atom. The van der Waals surface area contributed by atoms with E-state index in [-0.39, 0.29) is 18.4 Å². The Hall–Kier alpha value is -2.31. The van der Waals surface area contributed by atoms with Gasteiger partial charge in [-0.1, -0.05) is 30.3 Å². The van der Waals surface area contributed by atoms with E-state index in [0.717, 1.165) is 11.3 Å². The number of hydrogen-bond donors (Lipinski definition) is 0. The number of benzene rings is 1. The van der Waals surface area contributed by atoms with Gasteiger partial charge >= 0.3 is 0 Å². The lowest BCUT2D eigenvalue weighted by Crippen LogP contribution is -2.45. The molecule has 2 amide bonds. The fourth-order valence-corrected chi connectivity index (χ4v) is 3.22. The minimum Gasteiger partial charge on any atom is -0.464 e. The second-order valence-corrected chi connectivity index (χ2v) is 7.83. The Bertz CT molecular complexity index is 792. The van der Waals surface area contributed by atoms with Gasteiger partial charge in [-0.05, 0) is 44.9 Å². The van der Waals surface area contributed by atoms with Crippen LogP contribution >= 0.6 is 11.6 Å². The summed E-state index contributed by atoms with van der Waals surface area (Å²) in [5.41, 5.74) is 1.01. The number of amides is 2. The Labute approximate surface area is 183 Å². The Morgan fingerprint density at radius 3 is 2.43 bits per heavy atom. The highest BCUT2D eigenvalue weighted by Crippen LogP contribution is 2.14. The highest BCUT2D eigenvalue weighted by Gasteiger charge is 2.24. The number of furan rings is 1. The van der Waals surface area contributed by atoms with Crippen molar-refractivity contribution in [2.45, 2.75) is 45.7 Å². The molecule has 0 aliphatic carbocycles. The van der Waals surface area contributed by atoms with Gasteiger partial charge < -0.3 is 19.0 Å². The van der Waals surface area contributed by atoms with Gasteiger partial charge in [-0.15, -0.1) is 11.6 Å². The van der Waals surface area contributed by atoms with Crippen molar-refractivity contribution in [2.24, 2.45) is 0 Å². The molecule has 0 N–H and O–H groups in total. The summed E-state index contributed by atoms with van der Waals surface area (Å²) in [6.45, 7) is 7.71. The highest BCUT2D eigenvalue weighted by atomic mass is 35.5. The molecular weight excluding hydrogens is 404 g/mol. The maximum Gasteiger partial charge on any atom is 0.242 e. The summed E-state index contributed by atoms with van der Waals surface area (Å²) in [5.74, 6) is 1.09. The van der Waals surface area contributed by atoms with Crippen LogP contribution in [0.2, 0.25) is 0 Å². The molecule has 0 fully saturated rings. The summed E-state index contributed by atoms with van der Waals surface area (Å²) in [6.07, 6.45) is 0.645. The largest absolute Gasteiger partial charge is 0.464 e. The predicted molar refractivity (Wildman–Crippen MR) is 117 cm³/mol. The van der Waals surface area contributed by atoms with Gasteiger partial charge in [0.2, 0.25) is 11.8 Å². The van der Waals surface area contributed by atoms with Gasteiger partial charge in [0, 0.05) is 26.3 Å². The number of nitrogens with zero attached hydrogens (tertiary/aromatic N) is 2. The van der Waals surface area contributed by atoms with E-state index in [0.29, 0.717) is 45.0 Å². The molecule has 0 aliphatic rings. The monoisotopic (exact) mass is 434 g/mol. The van der Waals surface area contributed by atoms with Crippen LogP contribution in [0.4, 0.5) is 0 Å². The average Bonchev–Trinajstić information content (AvgIpc) is 3.14. The smallest absolute Gasteiger partial charge is 0.242 e. The molecule has 0 spiro atoms. The van der Waals surface area contributed by atoms with Crippen molar-refractivity contribution in [3.8, 4) is 0 Å². The minimum atomic E-state index is -0.694. The van der Waals surface area contributed by atoms with Crippen LogP contribution in [0.15, 0.2) is 46.9 Å². The van der Waals surface area contributed by atoms with E-state index in [1.165, 1.54) is 4.90 Å². The number of ether oxygens (including phenoxy) is 1. The second kappa shape index (κ2) is 12.4. The lowest BCUT2D eigenvalue weighted by atomic mass is 10.2. The second-order valence-electron chi connectivity index (χ2n) is 7.17. The first-order valence-corrected chi connectivity index (χ1v) is 10.7. The number of alkyl halides is 1. The molecule has 0 bridgehead atoms. The van der Waals surface area contributed by atoms with E-state index in [1.807, 2.05) is 56.3 Å². The van der Waals surface area contributed by atoms with Gasteiger partial charge in [0.1, 0.15) is 16.9 Å². The number of carbonyl (C=O) groups is 2. The maximum atomic E-state index is 13.2. The molecule has 1 atom stereocenters. The van der Waals surface area contributed by atoms with Crippen molar-refractivity contribution in [3.05, 3.63) is 59.5 Å². The molecule has 2 aromatic rings. The number of halogens is 1. The third-order valence-electron chi connectivity index (χ3n) is 4.61. The first-order chi connectivity index (χ1) is 14.4. The predicted octanol–water partition coefficient (Wildman–Crippen LogP) is 4.00. The molecule has 164 valence electrons. The number of aryl methyl sites for hydroxylation is 1. The van der Waals surface area contributed by atoms with Crippen molar-refractivity contribution >= 4 is 23.4 Å². The topological polar surface area (TPSA) is 63.0 Å². The van der Waals surface area contributed by atoms with Gasteiger partial charge in [-0.2, -0.15) is 0 Å². The zero-order chi connectivity index (χ0) is 21.9. The first kappa shape index (κ1) is 24.0. The van der Waals surface area contributed by atoms with E-state index in [4.69, 9.17) is 20.8 Å². The summed E-state index contributed by atoms with van der Waals surface area (Å²) in [6, 6.07) is 13.5. The molecule has 30 heavy (non-hydrogen) atoms. The van der Waals surface area contributed by atoms with Gasteiger partial charge in [-0.3, -0.25) is 9.59 Å². The van der Waals surface area contributed by atoms with Crippen molar-refractivity contribution < 1.29 is 18.7 Å². The normalized spacial score (nSPS) is 11.9. The zero-order valence-corrected chi connectivity index (χ0v) is 18.7. The molecule has 7 heteroatoms. The summed E-state index contributed by atoms with van der Waals surface area (Å²) >= 11 is 6.03. The average molecular weight is 435 g/mol. The van der Waals surface area contributed by atoms with Crippen molar-refractivity contribution in [1.82, 2.24) is 9.80 Å². The van der Waals surface area contributed by atoms with Crippen LogP contribution in [0, 0.1) is 6.92 Å². The third-order valence-corrected chi connectivity index (χ3v) is 4.80. The van der Waals surface area contributed by atoms with E-state index in [2.05, 4.69) is 0 Å². The Kier molecular flexibility index (Phi) is 9.91. The summed E-state index contributed by atoms with van der Waals surface area (Å²) in [4.78, 5) is 29.0. The van der Waals surface area contributed by atoms with Gasteiger partial charge in [0.05, 0.1) is 13.1 Å². The van der Waals surface area contributed by atoms with Gasteiger partial charge in [-0.25, -0.2) is 0 Å². The fourth-order valence-electron chi connectivity index (χ4n) is 3.08. The first-order valence-electron chi connectivity index (χ1n) is 10.3. The van der Waals surface area contributed by atoms with Crippen LogP contribution in [-0.2, 0) is 27.4 Å². The van der Waals surface area contributed by atoms with Crippen molar-refractivity contribution in [1.29, 1.82) is 0 Å². The summed E-state index contributed by atoms with van der Waals surface area (Å²) in [7, 11) is 0. The molecule has 1 aromatic heterocycles. The van der Waals surface area contributed by atoms with Crippen molar-refractivity contribution in [3.63, 3.8) is 0 Å². The number of carbonyl (C=O) groups excluding carboxylic acids is 2. The fraction of sp³-hybridized carbons (Fsp3) is 0.478. The zero-order valence-electron chi connectivity index (χ0n) is 18.0. The molecule has 6 nitrogen and oxygen atoms in total. The van der Waals surface area contributed by atoms with Crippen molar-refractivity contribution in [2.75, 3.05) is 26.3 Å². The third kappa shape index (κ3) is 7.84. The minimum absolute atomic E-state index is 0.0332. The van der Waals surface area contributed by atoms with Crippen LogP contribution in [-0.4, -0.2) is 53.3 Å². The molecule has 0 radical (unpaired) electrons. The molecular formula is C23H31ClN2O4.